The van der Waals surface area contributed by atoms with E-state index in [9.17, 15) is 0 Å². The molecule has 7 aromatic rings. The zero-order valence-corrected chi connectivity index (χ0v) is 23.4. The molecule has 0 bridgehead atoms. The lowest BCUT2D eigenvalue weighted by molar-refractivity contribution is 0.587. The molecule has 2 nitrogen and oxygen atoms in total. The predicted molar refractivity (Wildman–Crippen MR) is 165 cm³/mol. The first kappa shape index (κ1) is 22.3. The Hall–Kier alpha value is -3.54. The highest BCUT2D eigenvalue weighted by atomic mass is 32.2. The van der Waals surface area contributed by atoms with E-state index in [-0.39, 0.29) is 12.1 Å². The fourth-order valence-corrected chi connectivity index (χ4v) is 9.25. The summed E-state index contributed by atoms with van der Waals surface area (Å²) in [4.78, 5) is 5.37. The van der Waals surface area contributed by atoms with Crippen molar-refractivity contribution < 1.29 is 8.83 Å². The zero-order chi connectivity index (χ0) is 26.0. The average Bonchev–Trinajstić information content (AvgIpc) is 3.51. The Kier molecular flexibility index (Phi) is 4.32. The molecule has 0 saturated heterocycles. The lowest BCUT2D eigenvalue weighted by Gasteiger charge is -2.35. The van der Waals surface area contributed by atoms with Gasteiger partial charge in [-0.15, -0.1) is 0 Å². The van der Waals surface area contributed by atoms with Crippen molar-refractivity contribution in [2.75, 3.05) is 0 Å². The van der Waals surface area contributed by atoms with Gasteiger partial charge >= 0.3 is 0 Å². The second-order valence-electron chi connectivity index (χ2n) is 11.7. The Morgan fingerprint density at radius 1 is 0.590 bits per heavy atom. The van der Waals surface area contributed by atoms with Crippen molar-refractivity contribution in [3.63, 3.8) is 0 Å². The van der Waals surface area contributed by atoms with Crippen LogP contribution in [0.25, 0.3) is 43.9 Å². The molecule has 186 valence electrons. The second kappa shape index (κ2) is 7.56. The molecule has 5 heteroatoms. The quantitative estimate of drug-likeness (QED) is 0.182. The van der Waals surface area contributed by atoms with Gasteiger partial charge in [-0.3, -0.25) is 0 Å². The van der Waals surface area contributed by atoms with Crippen LogP contribution in [0.2, 0.25) is 0 Å². The van der Waals surface area contributed by atoms with Gasteiger partial charge in [0.2, 0.25) is 6.71 Å². The predicted octanol–water partition coefficient (Wildman–Crippen LogP) is 8.23. The number of rotatable bonds is 0. The molecule has 2 aromatic heterocycles. The monoisotopic (exact) mass is 538 g/mol. The summed E-state index contributed by atoms with van der Waals surface area (Å²) in [5.41, 5.74) is 9.40. The summed E-state index contributed by atoms with van der Waals surface area (Å²) in [6.45, 7) is 7.09. The number of fused-ring (bicyclic) bond motifs is 12. The highest BCUT2D eigenvalue weighted by molar-refractivity contribution is 8.01. The summed E-state index contributed by atoms with van der Waals surface area (Å²) in [6, 6.07) is 30.7. The van der Waals surface area contributed by atoms with E-state index in [4.69, 9.17) is 8.83 Å². The highest BCUT2D eigenvalue weighted by Crippen LogP contribution is 2.47. The van der Waals surface area contributed by atoms with Crippen molar-refractivity contribution in [1.82, 2.24) is 0 Å². The van der Waals surface area contributed by atoms with Crippen molar-refractivity contribution in [3.05, 3.63) is 90.5 Å². The fraction of sp³-hybridized carbons (Fsp3) is 0.118. The molecule has 39 heavy (non-hydrogen) atoms. The molecule has 0 saturated carbocycles. The van der Waals surface area contributed by atoms with Crippen molar-refractivity contribution in [3.8, 4) is 0 Å². The average molecular weight is 539 g/mol. The van der Waals surface area contributed by atoms with Crippen molar-refractivity contribution >= 4 is 90.5 Å². The van der Waals surface area contributed by atoms with E-state index in [1.54, 1.807) is 0 Å². The van der Waals surface area contributed by atoms with Gasteiger partial charge in [0.1, 0.15) is 22.3 Å². The van der Waals surface area contributed by atoms with Crippen LogP contribution in [0.5, 0.6) is 0 Å². The van der Waals surface area contributed by atoms with Gasteiger partial charge in [0.05, 0.1) is 0 Å². The molecule has 9 rings (SSSR count). The van der Waals surface area contributed by atoms with Crippen molar-refractivity contribution in [1.29, 1.82) is 0 Å². The summed E-state index contributed by atoms with van der Waals surface area (Å²) in [7, 11) is 0. The number of hydrogen-bond donors (Lipinski definition) is 0. The Labute approximate surface area is 234 Å². The minimum absolute atomic E-state index is 0.0470. The topological polar surface area (TPSA) is 26.3 Å². The molecule has 0 unspecified atom stereocenters. The Bertz CT molecular complexity index is 2040. The molecule has 0 amide bonds. The van der Waals surface area contributed by atoms with Gasteiger partial charge in [0, 0.05) is 41.1 Å². The summed E-state index contributed by atoms with van der Waals surface area (Å²) in [6.07, 6.45) is 0. The van der Waals surface area contributed by atoms with E-state index >= 15 is 0 Å². The third-order valence-electron chi connectivity index (χ3n) is 8.36. The van der Waals surface area contributed by atoms with Crippen LogP contribution in [-0.4, -0.2) is 6.71 Å². The number of para-hydroxylation sites is 2. The largest absolute Gasteiger partial charge is 0.456 e. The first-order valence-electron chi connectivity index (χ1n) is 13.4. The van der Waals surface area contributed by atoms with E-state index in [2.05, 4.69) is 106 Å². The van der Waals surface area contributed by atoms with Gasteiger partial charge in [-0.25, -0.2) is 0 Å². The van der Waals surface area contributed by atoms with E-state index < -0.39 is 0 Å². The van der Waals surface area contributed by atoms with Crippen LogP contribution in [-0.2, 0) is 5.41 Å². The number of furan rings is 2. The van der Waals surface area contributed by atoms with Gasteiger partial charge in [-0.2, -0.15) is 0 Å². The first-order valence-corrected chi connectivity index (χ1v) is 15.0. The Morgan fingerprint density at radius 2 is 1.08 bits per heavy atom. The van der Waals surface area contributed by atoms with Gasteiger partial charge in [-0.1, -0.05) is 104 Å². The molecule has 4 heterocycles. The maximum Gasteiger partial charge on any atom is 0.247 e. The standard InChI is InChI=1S/C34H23BO2S2/c1-34(2,3)18-16-27-31-28(17-18)39-33-22(13-15-26-30(33)20-9-5-7-11-24(20)37-26)35(31)21-12-14-25-29(32(21)38-27)19-8-4-6-10-23(19)36-25/h4-17H,1-3H3. The number of benzene rings is 5. The van der Waals surface area contributed by atoms with Gasteiger partial charge in [-0.05, 0) is 52.8 Å². The van der Waals surface area contributed by atoms with Gasteiger partial charge in [0.15, 0.2) is 0 Å². The van der Waals surface area contributed by atoms with Crippen LogP contribution >= 0.6 is 23.5 Å². The van der Waals surface area contributed by atoms with Crippen LogP contribution in [0.1, 0.15) is 26.3 Å². The Balaban J connectivity index is 1.42. The Morgan fingerprint density at radius 3 is 1.56 bits per heavy atom. The van der Waals surface area contributed by atoms with Crippen molar-refractivity contribution in [2.24, 2.45) is 0 Å². The van der Waals surface area contributed by atoms with Crippen LogP contribution in [0.15, 0.2) is 113 Å². The minimum Gasteiger partial charge on any atom is -0.456 e. The molecule has 2 aliphatic rings. The van der Waals surface area contributed by atoms with Gasteiger partial charge < -0.3 is 8.83 Å². The van der Waals surface area contributed by atoms with Gasteiger partial charge in [0.25, 0.3) is 0 Å². The molecule has 0 spiro atoms. The van der Waals surface area contributed by atoms with E-state index in [0.717, 1.165) is 22.3 Å². The lowest BCUT2D eigenvalue weighted by Crippen LogP contribution is -2.58. The number of hydrogen-bond acceptors (Lipinski definition) is 4. The van der Waals surface area contributed by atoms with E-state index in [1.165, 1.54) is 63.1 Å². The molecule has 0 fully saturated rings. The fourth-order valence-electron chi connectivity index (χ4n) is 6.46. The SMILES string of the molecule is CC(C)(C)c1cc2c3c(c1)Sc1c(ccc4oc5ccccc5c14)B3c1ccc3oc4ccccc4c3c1S2. The summed E-state index contributed by atoms with van der Waals surface area (Å²) >= 11 is 3.84. The minimum atomic E-state index is 0.0470. The summed E-state index contributed by atoms with van der Waals surface area (Å²) in [5, 5.41) is 4.84. The smallest absolute Gasteiger partial charge is 0.247 e. The molecular weight excluding hydrogens is 515 g/mol. The molecule has 0 atom stereocenters. The van der Waals surface area contributed by atoms with Crippen LogP contribution in [0.4, 0.5) is 0 Å². The lowest BCUT2D eigenvalue weighted by atomic mass is 9.36. The van der Waals surface area contributed by atoms with Crippen molar-refractivity contribution in [2.45, 2.75) is 45.8 Å². The molecular formula is C34H23BO2S2. The van der Waals surface area contributed by atoms with Crippen LogP contribution in [0, 0.1) is 0 Å². The van der Waals surface area contributed by atoms with E-state index in [1.807, 2.05) is 23.5 Å². The van der Waals surface area contributed by atoms with E-state index in [0.29, 0.717) is 0 Å². The maximum absolute atomic E-state index is 6.33. The molecule has 0 N–H and O–H groups in total. The summed E-state index contributed by atoms with van der Waals surface area (Å²) in [5.74, 6) is 0. The normalized spacial score (nSPS) is 14.3. The highest BCUT2D eigenvalue weighted by Gasteiger charge is 2.41. The second-order valence-corrected chi connectivity index (χ2v) is 13.8. The van der Waals surface area contributed by atoms with Crippen LogP contribution < -0.4 is 16.4 Å². The molecule has 0 aliphatic carbocycles. The third kappa shape index (κ3) is 2.98. The molecule has 0 radical (unpaired) electrons. The first-order chi connectivity index (χ1) is 19.0. The zero-order valence-electron chi connectivity index (χ0n) is 21.8. The molecule has 5 aromatic carbocycles. The third-order valence-corrected chi connectivity index (χ3v) is 10.8. The molecule has 2 aliphatic heterocycles. The maximum atomic E-state index is 6.33. The van der Waals surface area contributed by atoms with Crippen LogP contribution in [0.3, 0.4) is 0 Å². The summed E-state index contributed by atoms with van der Waals surface area (Å²) < 4.78 is 12.7.